The van der Waals surface area contributed by atoms with Gasteiger partial charge in [0.25, 0.3) is 0 Å². The molecule has 2 aromatic rings. The van der Waals surface area contributed by atoms with Gasteiger partial charge in [-0.05, 0) is 56.8 Å². The molecule has 25 heavy (non-hydrogen) atoms. The summed E-state index contributed by atoms with van der Waals surface area (Å²) in [6.07, 6.45) is 1.37. The predicted octanol–water partition coefficient (Wildman–Crippen LogP) is 3.78. The van der Waals surface area contributed by atoms with Gasteiger partial charge in [-0.1, -0.05) is 37.3 Å². The van der Waals surface area contributed by atoms with E-state index in [4.69, 9.17) is 0 Å². The smallest absolute Gasteiger partial charge is 0.221 e. The molecule has 0 aliphatic heterocycles. The molecule has 0 heterocycles. The zero-order valence-electron chi connectivity index (χ0n) is 15.4. The van der Waals surface area contributed by atoms with Crippen molar-refractivity contribution in [2.24, 2.45) is 0 Å². The number of nitrogens with zero attached hydrogens (tertiary/aromatic N) is 1. The van der Waals surface area contributed by atoms with Gasteiger partial charge in [0, 0.05) is 18.2 Å². The van der Waals surface area contributed by atoms with Gasteiger partial charge in [-0.15, -0.1) is 0 Å². The molecule has 4 nitrogen and oxygen atoms in total. The van der Waals surface area contributed by atoms with Crippen LogP contribution >= 0.6 is 0 Å². The SMILES string of the molecule is CCC(Cc1ccccc1)(C(=O)c1ccc(NC(C)=O)cc1)N(C)C. The topological polar surface area (TPSA) is 49.4 Å². The van der Waals surface area contributed by atoms with Crippen molar-refractivity contribution in [2.75, 3.05) is 19.4 Å². The van der Waals surface area contributed by atoms with Gasteiger partial charge in [0.05, 0.1) is 5.54 Å². The average Bonchev–Trinajstić information content (AvgIpc) is 2.60. The molecule has 0 bridgehead atoms. The highest BCUT2D eigenvalue weighted by Gasteiger charge is 2.39. The monoisotopic (exact) mass is 338 g/mol. The fourth-order valence-electron chi connectivity index (χ4n) is 3.15. The number of hydrogen-bond donors (Lipinski definition) is 1. The third-order valence-corrected chi connectivity index (χ3v) is 4.67. The first-order valence-electron chi connectivity index (χ1n) is 8.53. The summed E-state index contributed by atoms with van der Waals surface area (Å²) in [6, 6.07) is 17.2. The molecule has 0 saturated carbocycles. The number of anilines is 1. The lowest BCUT2D eigenvalue weighted by atomic mass is 9.80. The number of carbonyl (C=O) groups is 2. The maximum absolute atomic E-state index is 13.3. The number of ketones is 1. The number of nitrogens with one attached hydrogen (secondary N) is 1. The Kier molecular flexibility index (Phi) is 6.10. The quantitative estimate of drug-likeness (QED) is 0.782. The fraction of sp³-hybridized carbons (Fsp3) is 0.333. The Morgan fingerprint density at radius 3 is 2.08 bits per heavy atom. The normalized spacial score (nSPS) is 13.3. The van der Waals surface area contributed by atoms with Gasteiger partial charge in [0.15, 0.2) is 5.78 Å². The highest BCUT2D eigenvalue weighted by Crippen LogP contribution is 2.28. The summed E-state index contributed by atoms with van der Waals surface area (Å²) in [4.78, 5) is 26.5. The van der Waals surface area contributed by atoms with E-state index in [0.717, 1.165) is 5.56 Å². The lowest BCUT2D eigenvalue weighted by Gasteiger charge is -2.38. The van der Waals surface area contributed by atoms with E-state index in [9.17, 15) is 9.59 Å². The highest BCUT2D eigenvalue weighted by molar-refractivity contribution is 6.04. The summed E-state index contributed by atoms with van der Waals surface area (Å²) in [5.41, 5.74) is 1.89. The molecule has 1 unspecified atom stereocenters. The van der Waals surface area contributed by atoms with E-state index in [1.165, 1.54) is 6.92 Å². The van der Waals surface area contributed by atoms with Gasteiger partial charge in [-0.3, -0.25) is 14.5 Å². The summed E-state index contributed by atoms with van der Waals surface area (Å²) in [5, 5.41) is 2.73. The van der Waals surface area contributed by atoms with Crippen LogP contribution in [0, 0.1) is 0 Å². The average molecular weight is 338 g/mol. The summed E-state index contributed by atoms with van der Waals surface area (Å²) in [6.45, 7) is 3.51. The van der Waals surface area contributed by atoms with Crippen molar-refractivity contribution in [1.29, 1.82) is 0 Å². The summed E-state index contributed by atoms with van der Waals surface area (Å²) in [5.74, 6) is -0.0300. The molecule has 2 aromatic carbocycles. The van der Waals surface area contributed by atoms with Crippen LogP contribution in [0.5, 0.6) is 0 Å². The molecular weight excluding hydrogens is 312 g/mol. The maximum Gasteiger partial charge on any atom is 0.221 e. The van der Waals surface area contributed by atoms with Crippen LogP contribution in [-0.4, -0.2) is 36.2 Å². The molecule has 1 amide bonds. The van der Waals surface area contributed by atoms with E-state index in [2.05, 4.69) is 17.4 Å². The second kappa shape index (κ2) is 8.08. The molecule has 1 atom stereocenters. The molecule has 0 saturated heterocycles. The van der Waals surface area contributed by atoms with Crippen LogP contribution in [0.2, 0.25) is 0 Å². The van der Waals surface area contributed by atoms with Crippen LogP contribution in [-0.2, 0) is 11.2 Å². The molecular formula is C21H26N2O2. The zero-order valence-corrected chi connectivity index (χ0v) is 15.4. The predicted molar refractivity (Wildman–Crippen MR) is 102 cm³/mol. The van der Waals surface area contributed by atoms with Crippen LogP contribution in [0.1, 0.15) is 36.2 Å². The lowest BCUT2D eigenvalue weighted by Crippen LogP contribution is -2.52. The van der Waals surface area contributed by atoms with E-state index >= 15 is 0 Å². The first-order chi connectivity index (χ1) is 11.9. The van der Waals surface area contributed by atoms with Crippen molar-refractivity contribution >= 4 is 17.4 Å². The number of amides is 1. The van der Waals surface area contributed by atoms with Crippen molar-refractivity contribution in [1.82, 2.24) is 4.90 Å². The van der Waals surface area contributed by atoms with Crippen molar-refractivity contribution in [2.45, 2.75) is 32.2 Å². The first kappa shape index (κ1) is 18.9. The molecule has 0 fully saturated rings. The lowest BCUT2D eigenvalue weighted by molar-refractivity contribution is -0.114. The van der Waals surface area contributed by atoms with Crippen molar-refractivity contribution in [3.05, 3.63) is 65.7 Å². The molecule has 1 N–H and O–H groups in total. The molecule has 0 aromatic heterocycles. The Balaban J connectivity index is 2.33. The number of benzene rings is 2. The van der Waals surface area contributed by atoms with Crippen LogP contribution in [0.3, 0.4) is 0 Å². The second-order valence-corrected chi connectivity index (χ2v) is 6.53. The third-order valence-electron chi connectivity index (χ3n) is 4.67. The Morgan fingerprint density at radius 1 is 1.00 bits per heavy atom. The minimum Gasteiger partial charge on any atom is -0.326 e. The van der Waals surface area contributed by atoms with Crippen molar-refractivity contribution in [3.63, 3.8) is 0 Å². The number of rotatable bonds is 7. The van der Waals surface area contributed by atoms with E-state index in [1.807, 2.05) is 44.1 Å². The number of Topliss-reactive ketones (excluding diaryl/α,β-unsaturated/α-hetero) is 1. The molecule has 132 valence electrons. The van der Waals surface area contributed by atoms with Gasteiger partial charge >= 0.3 is 0 Å². The first-order valence-corrected chi connectivity index (χ1v) is 8.53. The Bertz CT molecular complexity index is 723. The molecule has 0 radical (unpaired) electrons. The number of carbonyl (C=O) groups excluding carboxylic acids is 2. The molecule has 0 aliphatic rings. The van der Waals surface area contributed by atoms with E-state index in [0.29, 0.717) is 24.1 Å². The Hall–Kier alpha value is -2.46. The van der Waals surface area contributed by atoms with Gasteiger partial charge in [0.2, 0.25) is 5.91 Å². The summed E-state index contributed by atoms with van der Waals surface area (Å²) in [7, 11) is 3.91. The Labute approximate surface area is 149 Å². The minimum atomic E-state index is -0.600. The maximum atomic E-state index is 13.3. The highest BCUT2D eigenvalue weighted by atomic mass is 16.1. The van der Waals surface area contributed by atoms with Gasteiger partial charge in [-0.2, -0.15) is 0 Å². The standard InChI is InChI=1S/C21H26N2O2/c1-5-21(23(3)4,15-17-9-7-6-8-10-17)20(25)18-11-13-19(14-12-18)22-16(2)24/h6-14H,5,15H2,1-4H3,(H,22,24). The molecule has 4 heteroatoms. The van der Waals surface area contributed by atoms with Crippen LogP contribution in [0.15, 0.2) is 54.6 Å². The fourth-order valence-corrected chi connectivity index (χ4v) is 3.15. The molecule has 0 spiro atoms. The van der Waals surface area contributed by atoms with Crippen LogP contribution < -0.4 is 5.32 Å². The van der Waals surface area contributed by atoms with E-state index in [-0.39, 0.29) is 11.7 Å². The van der Waals surface area contributed by atoms with Gasteiger partial charge < -0.3 is 5.32 Å². The molecule has 0 aliphatic carbocycles. The van der Waals surface area contributed by atoms with Crippen LogP contribution in [0.4, 0.5) is 5.69 Å². The third kappa shape index (κ3) is 4.34. The summed E-state index contributed by atoms with van der Waals surface area (Å²) >= 11 is 0. The van der Waals surface area contributed by atoms with Gasteiger partial charge in [-0.25, -0.2) is 0 Å². The Morgan fingerprint density at radius 2 is 1.60 bits per heavy atom. The largest absolute Gasteiger partial charge is 0.326 e. The van der Waals surface area contributed by atoms with E-state index < -0.39 is 5.54 Å². The van der Waals surface area contributed by atoms with Crippen molar-refractivity contribution < 1.29 is 9.59 Å². The van der Waals surface area contributed by atoms with Crippen LogP contribution in [0.25, 0.3) is 0 Å². The van der Waals surface area contributed by atoms with Crippen molar-refractivity contribution in [3.8, 4) is 0 Å². The molecule has 2 rings (SSSR count). The minimum absolute atomic E-state index is 0.0956. The second-order valence-electron chi connectivity index (χ2n) is 6.53. The zero-order chi connectivity index (χ0) is 18.4. The number of likely N-dealkylation sites (N-methyl/N-ethyl adjacent to an activating group) is 1. The number of hydrogen-bond acceptors (Lipinski definition) is 3. The van der Waals surface area contributed by atoms with E-state index in [1.54, 1.807) is 24.3 Å². The van der Waals surface area contributed by atoms with Gasteiger partial charge in [0.1, 0.15) is 0 Å². The summed E-state index contributed by atoms with van der Waals surface area (Å²) < 4.78 is 0.